The smallest absolute Gasteiger partial charge is 0.211 e. The van der Waals surface area contributed by atoms with Crippen LogP contribution in [0.2, 0.25) is 10.0 Å². The average molecular weight is 372 g/mol. The summed E-state index contributed by atoms with van der Waals surface area (Å²) in [6.45, 7) is 2.40. The van der Waals surface area contributed by atoms with Gasteiger partial charge in [0, 0.05) is 6.54 Å². The minimum Gasteiger partial charge on any atom is -0.211 e. The molecule has 0 saturated heterocycles. The fraction of sp³-hybridized carbons (Fsp3) is 0.294. The van der Waals surface area contributed by atoms with E-state index in [-0.39, 0.29) is 4.90 Å². The molecule has 124 valence electrons. The van der Waals surface area contributed by atoms with E-state index in [2.05, 4.69) is 11.6 Å². The number of nitrogens with one attached hydrogen (secondary N) is 1. The van der Waals surface area contributed by atoms with Crippen LogP contribution in [0.5, 0.6) is 0 Å². The van der Waals surface area contributed by atoms with E-state index in [1.54, 1.807) is 24.3 Å². The van der Waals surface area contributed by atoms with Crippen molar-refractivity contribution in [1.29, 1.82) is 0 Å². The van der Waals surface area contributed by atoms with Gasteiger partial charge < -0.3 is 0 Å². The second-order valence-electron chi connectivity index (χ2n) is 5.29. The van der Waals surface area contributed by atoms with Crippen LogP contribution in [-0.2, 0) is 22.9 Å². The Morgan fingerprint density at radius 3 is 2.17 bits per heavy atom. The molecule has 0 aliphatic rings. The highest BCUT2D eigenvalue weighted by Crippen LogP contribution is 2.22. The van der Waals surface area contributed by atoms with Crippen LogP contribution in [0.25, 0.3) is 0 Å². The van der Waals surface area contributed by atoms with Gasteiger partial charge in [0.2, 0.25) is 10.0 Å². The third-order valence-corrected chi connectivity index (χ3v) is 5.68. The fourth-order valence-corrected chi connectivity index (χ4v) is 3.58. The molecule has 6 heteroatoms. The minimum atomic E-state index is -3.49. The lowest BCUT2D eigenvalue weighted by Gasteiger charge is -2.08. The maximum Gasteiger partial charge on any atom is 0.240 e. The van der Waals surface area contributed by atoms with Crippen molar-refractivity contribution in [2.75, 3.05) is 6.54 Å². The standard InChI is InChI=1S/C17H19Cl2NO2S/c1-2-3-13-4-7-15(8-5-13)23(21,22)20-11-10-14-6-9-16(18)17(19)12-14/h4-9,12,20H,2-3,10-11H2,1H3. The zero-order chi connectivity index (χ0) is 16.9. The summed E-state index contributed by atoms with van der Waals surface area (Å²) in [7, 11) is -3.49. The summed E-state index contributed by atoms with van der Waals surface area (Å²) < 4.78 is 27.1. The molecular formula is C17H19Cl2NO2S. The first-order valence-electron chi connectivity index (χ1n) is 7.45. The topological polar surface area (TPSA) is 46.2 Å². The molecule has 0 aromatic heterocycles. The van der Waals surface area contributed by atoms with E-state index in [1.807, 2.05) is 18.2 Å². The van der Waals surface area contributed by atoms with E-state index < -0.39 is 10.0 Å². The van der Waals surface area contributed by atoms with Crippen molar-refractivity contribution in [3.05, 3.63) is 63.6 Å². The molecular weight excluding hydrogens is 353 g/mol. The van der Waals surface area contributed by atoms with E-state index >= 15 is 0 Å². The summed E-state index contributed by atoms with van der Waals surface area (Å²) in [5.74, 6) is 0. The summed E-state index contributed by atoms with van der Waals surface area (Å²) >= 11 is 11.8. The molecule has 0 aliphatic carbocycles. The molecule has 3 nitrogen and oxygen atoms in total. The van der Waals surface area contributed by atoms with Gasteiger partial charge in [0.1, 0.15) is 0 Å². The van der Waals surface area contributed by atoms with E-state index in [0.29, 0.717) is 23.0 Å². The van der Waals surface area contributed by atoms with E-state index in [1.165, 1.54) is 0 Å². The summed E-state index contributed by atoms with van der Waals surface area (Å²) in [5, 5.41) is 0.960. The number of rotatable bonds is 7. The molecule has 1 N–H and O–H groups in total. The van der Waals surface area contributed by atoms with Gasteiger partial charge in [-0.05, 0) is 48.2 Å². The summed E-state index contributed by atoms with van der Waals surface area (Å²) in [4.78, 5) is 0.284. The molecule has 2 aromatic carbocycles. The molecule has 23 heavy (non-hydrogen) atoms. The number of benzene rings is 2. The molecule has 0 bridgehead atoms. The molecule has 2 aromatic rings. The lowest BCUT2D eigenvalue weighted by molar-refractivity contribution is 0.581. The molecule has 0 saturated carbocycles. The molecule has 0 heterocycles. The first-order valence-corrected chi connectivity index (χ1v) is 9.69. The minimum absolute atomic E-state index is 0.284. The predicted octanol–water partition coefficient (Wildman–Crippen LogP) is 4.47. The Hall–Kier alpha value is -1.07. The fourth-order valence-electron chi connectivity index (χ4n) is 2.23. The zero-order valence-electron chi connectivity index (χ0n) is 12.9. The Morgan fingerprint density at radius 2 is 1.57 bits per heavy atom. The van der Waals surface area contributed by atoms with Crippen LogP contribution in [0.15, 0.2) is 47.4 Å². The highest BCUT2D eigenvalue weighted by molar-refractivity contribution is 7.89. The Bertz CT molecular complexity index is 759. The SMILES string of the molecule is CCCc1ccc(S(=O)(=O)NCCc2ccc(Cl)c(Cl)c2)cc1. The quantitative estimate of drug-likeness (QED) is 0.780. The van der Waals surface area contributed by atoms with Crippen molar-refractivity contribution >= 4 is 33.2 Å². The predicted molar refractivity (Wildman–Crippen MR) is 95.8 cm³/mol. The Balaban J connectivity index is 1.96. The van der Waals surface area contributed by atoms with Crippen molar-refractivity contribution in [3.63, 3.8) is 0 Å². The number of sulfonamides is 1. The monoisotopic (exact) mass is 371 g/mol. The van der Waals surface area contributed by atoms with Crippen LogP contribution < -0.4 is 4.72 Å². The average Bonchev–Trinajstić information content (AvgIpc) is 2.51. The van der Waals surface area contributed by atoms with E-state index in [9.17, 15) is 8.42 Å². The lowest BCUT2D eigenvalue weighted by atomic mass is 10.1. The van der Waals surface area contributed by atoms with Gasteiger partial charge >= 0.3 is 0 Å². The van der Waals surface area contributed by atoms with Gasteiger partial charge in [0.15, 0.2) is 0 Å². The third kappa shape index (κ3) is 5.21. The number of aryl methyl sites for hydroxylation is 1. The van der Waals surface area contributed by atoms with Crippen LogP contribution >= 0.6 is 23.2 Å². The highest BCUT2D eigenvalue weighted by atomic mass is 35.5. The van der Waals surface area contributed by atoms with Crippen LogP contribution in [0.3, 0.4) is 0 Å². The Kier molecular flexibility index (Phi) is 6.48. The van der Waals surface area contributed by atoms with Crippen molar-refractivity contribution in [1.82, 2.24) is 4.72 Å². The molecule has 0 radical (unpaired) electrons. The van der Waals surface area contributed by atoms with Gasteiger partial charge in [-0.25, -0.2) is 13.1 Å². The highest BCUT2D eigenvalue weighted by Gasteiger charge is 2.13. The summed E-state index contributed by atoms with van der Waals surface area (Å²) in [6, 6.07) is 12.3. The summed E-state index contributed by atoms with van der Waals surface area (Å²) in [5.41, 5.74) is 2.07. The first kappa shape index (κ1) is 18.3. The molecule has 0 unspecified atom stereocenters. The number of halogens is 2. The Morgan fingerprint density at radius 1 is 0.913 bits per heavy atom. The van der Waals surface area contributed by atoms with Crippen LogP contribution in [0.4, 0.5) is 0 Å². The molecule has 0 spiro atoms. The molecule has 2 rings (SSSR count). The second kappa shape index (κ2) is 8.15. The van der Waals surface area contributed by atoms with Crippen molar-refractivity contribution in [2.24, 2.45) is 0 Å². The Labute approximate surface area is 147 Å². The second-order valence-corrected chi connectivity index (χ2v) is 7.87. The molecule has 0 fully saturated rings. The van der Waals surface area contributed by atoms with Gasteiger partial charge in [-0.15, -0.1) is 0 Å². The molecule has 0 amide bonds. The number of hydrogen-bond acceptors (Lipinski definition) is 2. The van der Waals surface area contributed by atoms with E-state index in [4.69, 9.17) is 23.2 Å². The molecule has 0 atom stereocenters. The van der Waals surface area contributed by atoms with Crippen molar-refractivity contribution in [3.8, 4) is 0 Å². The van der Waals surface area contributed by atoms with Crippen molar-refractivity contribution < 1.29 is 8.42 Å². The summed E-state index contributed by atoms with van der Waals surface area (Å²) in [6.07, 6.45) is 2.53. The first-order chi connectivity index (χ1) is 10.9. The zero-order valence-corrected chi connectivity index (χ0v) is 15.2. The van der Waals surface area contributed by atoms with Gasteiger partial charge in [0.05, 0.1) is 14.9 Å². The van der Waals surface area contributed by atoms with Crippen LogP contribution in [0.1, 0.15) is 24.5 Å². The van der Waals surface area contributed by atoms with Gasteiger partial charge in [-0.3, -0.25) is 0 Å². The van der Waals surface area contributed by atoms with Crippen LogP contribution in [-0.4, -0.2) is 15.0 Å². The van der Waals surface area contributed by atoms with E-state index in [0.717, 1.165) is 24.0 Å². The molecule has 0 aliphatic heterocycles. The normalized spacial score (nSPS) is 11.6. The van der Waals surface area contributed by atoms with Gasteiger partial charge in [0.25, 0.3) is 0 Å². The van der Waals surface area contributed by atoms with Crippen LogP contribution in [0, 0.1) is 0 Å². The van der Waals surface area contributed by atoms with Gasteiger partial charge in [-0.1, -0.05) is 54.7 Å². The van der Waals surface area contributed by atoms with Gasteiger partial charge in [-0.2, -0.15) is 0 Å². The maximum atomic E-state index is 12.3. The third-order valence-electron chi connectivity index (χ3n) is 3.46. The lowest BCUT2D eigenvalue weighted by Crippen LogP contribution is -2.26. The van der Waals surface area contributed by atoms with Crippen molar-refractivity contribution in [2.45, 2.75) is 31.1 Å². The maximum absolute atomic E-state index is 12.3. The largest absolute Gasteiger partial charge is 0.240 e. The number of hydrogen-bond donors (Lipinski definition) is 1.